The van der Waals surface area contributed by atoms with Gasteiger partial charge in [-0.25, -0.2) is 12.7 Å². The Labute approximate surface area is 111 Å². The fourth-order valence-corrected chi connectivity index (χ4v) is 3.60. The van der Waals surface area contributed by atoms with Crippen molar-refractivity contribution in [1.29, 1.82) is 0 Å². The van der Waals surface area contributed by atoms with E-state index in [9.17, 15) is 18.0 Å². The lowest BCUT2D eigenvalue weighted by Crippen LogP contribution is -2.29. The first-order valence-electron chi connectivity index (χ1n) is 5.92. The Kier molecular flexibility index (Phi) is 3.32. The molecule has 19 heavy (non-hydrogen) atoms. The maximum atomic E-state index is 12.1. The van der Waals surface area contributed by atoms with Crippen LogP contribution in [0.15, 0.2) is 23.1 Å². The van der Waals surface area contributed by atoms with Crippen LogP contribution in [0.2, 0.25) is 0 Å². The molecule has 1 heterocycles. The molecule has 0 bridgehead atoms. The molecule has 1 aliphatic rings. The van der Waals surface area contributed by atoms with Crippen LogP contribution in [0.4, 0.5) is 0 Å². The van der Waals surface area contributed by atoms with Gasteiger partial charge in [0.1, 0.15) is 4.90 Å². The smallest absolute Gasteiger partial charge is 0.268 e. The fraction of sp³-hybridized carbons (Fsp3) is 0.333. The Morgan fingerprint density at radius 1 is 1.32 bits per heavy atom. The number of rotatable bonds is 3. The summed E-state index contributed by atoms with van der Waals surface area (Å²) >= 11 is 0. The van der Waals surface area contributed by atoms with Gasteiger partial charge in [0, 0.05) is 18.7 Å². The summed E-state index contributed by atoms with van der Waals surface area (Å²) in [6.45, 7) is 3.88. The zero-order valence-electron chi connectivity index (χ0n) is 10.6. The van der Waals surface area contributed by atoms with E-state index in [2.05, 4.69) is 5.32 Å². The van der Waals surface area contributed by atoms with Crippen LogP contribution < -0.4 is 5.32 Å². The van der Waals surface area contributed by atoms with Crippen LogP contribution >= 0.6 is 0 Å². The molecule has 0 radical (unpaired) electrons. The van der Waals surface area contributed by atoms with Gasteiger partial charge in [-0.2, -0.15) is 0 Å². The van der Waals surface area contributed by atoms with Crippen LogP contribution in [0, 0.1) is 0 Å². The largest absolute Gasteiger partial charge is 0.352 e. The average Bonchev–Trinajstić information content (AvgIpc) is 2.57. The molecular weight excluding hydrogens is 268 g/mol. The van der Waals surface area contributed by atoms with Gasteiger partial charge in [0.25, 0.3) is 21.8 Å². The Hall–Kier alpha value is -1.89. The quantitative estimate of drug-likeness (QED) is 0.880. The van der Waals surface area contributed by atoms with Gasteiger partial charge in [0.2, 0.25) is 0 Å². The summed E-state index contributed by atoms with van der Waals surface area (Å²) in [4.78, 5) is 23.5. The lowest BCUT2D eigenvalue weighted by atomic mass is 10.1. The molecule has 0 aliphatic carbocycles. The van der Waals surface area contributed by atoms with Crippen LogP contribution in [0.25, 0.3) is 0 Å². The number of amides is 2. The molecule has 0 saturated carbocycles. The number of nitrogens with zero attached hydrogens (tertiary/aromatic N) is 1. The topological polar surface area (TPSA) is 83.6 Å². The molecule has 7 heteroatoms. The van der Waals surface area contributed by atoms with Crippen molar-refractivity contribution >= 4 is 21.8 Å². The molecule has 6 nitrogen and oxygen atoms in total. The van der Waals surface area contributed by atoms with Crippen molar-refractivity contribution in [3.8, 4) is 0 Å². The van der Waals surface area contributed by atoms with Crippen molar-refractivity contribution in [3.63, 3.8) is 0 Å². The van der Waals surface area contributed by atoms with E-state index in [1.165, 1.54) is 18.2 Å². The van der Waals surface area contributed by atoms with E-state index in [0.29, 0.717) is 6.54 Å². The number of carbonyl (C=O) groups is 2. The van der Waals surface area contributed by atoms with Crippen LogP contribution in [0.1, 0.15) is 34.6 Å². The minimum atomic E-state index is -3.81. The van der Waals surface area contributed by atoms with Crippen LogP contribution in [0.3, 0.4) is 0 Å². The third-order valence-electron chi connectivity index (χ3n) is 2.89. The van der Waals surface area contributed by atoms with Crippen molar-refractivity contribution in [1.82, 2.24) is 9.62 Å². The normalized spacial score (nSPS) is 16.3. The zero-order valence-corrected chi connectivity index (χ0v) is 11.5. The second-order valence-corrected chi connectivity index (χ2v) is 5.88. The van der Waals surface area contributed by atoms with Gasteiger partial charge in [-0.05, 0) is 32.0 Å². The summed E-state index contributed by atoms with van der Waals surface area (Å²) < 4.78 is 25.1. The van der Waals surface area contributed by atoms with Gasteiger partial charge in [-0.3, -0.25) is 9.59 Å². The highest BCUT2D eigenvalue weighted by atomic mass is 32.2. The molecule has 2 rings (SSSR count). The molecule has 0 fully saturated rings. The number of benzene rings is 1. The summed E-state index contributed by atoms with van der Waals surface area (Å²) in [5.74, 6) is -0.900. The number of hydrogen-bond donors (Lipinski definition) is 1. The van der Waals surface area contributed by atoms with Gasteiger partial charge in [-0.15, -0.1) is 0 Å². The SMILES string of the molecule is CCNC(=O)c1ccc2c(c1)S(=O)(=O)N(CC)C2=O. The number of sulfonamides is 1. The highest BCUT2D eigenvalue weighted by molar-refractivity contribution is 7.90. The average molecular weight is 282 g/mol. The third-order valence-corrected chi connectivity index (χ3v) is 4.79. The number of carbonyl (C=O) groups excluding carboxylic acids is 2. The molecule has 0 unspecified atom stereocenters. The molecule has 1 N–H and O–H groups in total. The first-order chi connectivity index (χ1) is 8.93. The summed E-state index contributed by atoms with van der Waals surface area (Å²) in [7, 11) is -3.81. The standard InChI is InChI=1S/C12H14N2O4S/c1-3-13-11(15)8-5-6-9-10(7-8)19(17,18)14(4-2)12(9)16/h5-7H,3-4H2,1-2H3,(H,13,15). The van der Waals surface area contributed by atoms with Gasteiger partial charge in [0.05, 0.1) is 5.56 Å². The Morgan fingerprint density at radius 2 is 2.00 bits per heavy atom. The highest BCUT2D eigenvalue weighted by Crippen LogP contribution is 2.30. The fourth-order valence-electron chi connectivity index (χ4n) is 1.99. The predicted octanol–water partition coefficient (Wildman–Crippen LogP) is 0.601. The number of fused-ring (bicyclic) bond motifs is 1. The maximum Gasteiger partial charge on any atom is 0.268 e. The molecule has 0 aromatic heterocycles. The third kappa shape index (κ3) is 1.99. The molecule has 0 atom stereocenters. The van der Waals surface area contributed by atoms with E-state index in [0.717, 1.165) is 4.31 Å². The molecule has 102 valence electrons. The first-order valence-corrected chi connectivity index (χ1v) is 7.36. The predicted molar refractivity (Wildman–Crippen MR) is 68.3 cm³/mol. The summed E-state index contributed by atoms with van der Waals surface area (Å²) in [5, 5.41) is 2.58. The summed E-state index contributed by atoms with van der Waals surface area (Å²) in [6, 6.07) is 4.09. The Balaban J connectivity index is 2.54. The van der Waals surface area contributed by atoms with E-state index < -0.39 is 15.9 Å². The molecule has 0 spiro atoms. The van der Waals surface area contributed by atoms with Crippen LogP contribution in [-0.4, -0.2) is 37.6 Å². The molecule has 1 aromatic carbocycles. The monoisotopic (exact) mass is 282 g/mol. The van der Waals surface area contributed by atoms with Gasteiger partial charge in [-0.1, -0.05) is 0 Å². The Morgan fingerprint density at radius 3 is 2.58 bits per heavy atom. The van der Waals surface area contributed by atoms with Crippen LogP contribution in [-0.2, 0) is 10.0 Å². The van der Waals surface area contributed by atoms with E-state index in [4.69, 9.17) is 0 Å². The second-order valence-electron chi connectivity index (χ2n) is 4.05. The highest BCUT2D eigenvalue weighted by Gasteiger charge is 2.40. The van der Waals surface area contributed by atoms with Gasteiger partial charge in [0.15, 0.2) is 0 Å². The van der Waals surface area contributed by atoms with Crippen molar-refractivity contribution in [2.24, 2.45) is 0 Å². The number of hydrogen-bond acceptors (Lipinski definition) is 4. The minimum Gasteiger partial charge on any atom is -0.352 e. The van der Waals surface area contributed by atoms with E-state index >= 15 is 0 Å². The second kappa shape index (κ2) is 4.65. The summed E-state index contributed by atoms with van der Waals surface area (Å²) in [6.07, 6.45) is 0. The van der Waals surface area contributed by atoms with Crippen molar-refractivity contribution in [3.05, 3.63) is 29.3 Å². The van der Waals surface area contributed by atoms with E-state index in [-0.39, 0.29) is 28.5 Å². The van der Waals surface area contributed by atoms with Gasteiger partial charge < -0.3 is 5.32 Å². The first kappa shape index (κ1) is 13.5. The van der Waals surface area contributed by atoms with Crippen LogP contribution in [0.5, 0.6) is 0 Å². The lowest BCUT2D eigenvalue weighted by molar-refractivity contribution is 0.0874. The van der Waals surface area contributed by atoms with Crippen molar-refractivity contribution in [2.75, 3.05) is 13.1 Å². The number of nitrogens with one attached hydrogen (secondary N) is 1. The van der Waals surface area contributed by atoms with Crippen molar-refractivity contribution in [2.45, 2.75) is 18.7 Å². The molecule has 1 aliphatic heterocycles. The van der Waals surface area contributed by atoms with E-state index in [1.807, 2.05) is 0 Å². The Bertz CT molecular complexity index is 652. The lowest BCUT2D eigenvalue weighted by Gasteiger charge is -2.11. The molecular formula is C12H14N2O4S. The van der Waals surface area contributed by atoms with Gasteiger partial charge >= 0.3 is 0 Å². The maximum absolute atomic E-state index is 12.1. The molecule has 1 aromatic rings. The van der Waals surface area contributed by atoms with Crippen molar-refractivity contribution < 1.29 is 18.0 Å². The molecule has 0 saturated heterocycles. The zero-order chi connectivity index (χ0) is 14.2. The summed E-state index contributed by atoms with van der Waals surface area (Å²) in [5.41, 5.74) is 0.352. The van der Waals surface area contributed by atoms with E-state index in [1.54, 1.807) is 13.8 Å². The molecule has 2 amide bonds. The minimum absolute atomic E-state index is 0.0757.